The van der Waals surface area contributed by atoms with Crippen molar-refractivity contribution in [1.82, 2.24) is 4.31 Å². The highest BCUT2D eigenvalue weighted by atomic mass is 32.2. The van der Waals surface area contributed by atoms with Gasteiger partial charge in [0.05, 0.1) is 5.75 Å². The predicted octanol–water partition coefficient (Wildman–Crippen LogP) is 0.695. The van der Waals surface area contributed by atoms with Crippen LogP contribution in [-0.2, 0) is 10.0 Å². The number of hydrogen-bond donors (Lipinski definition) is 2. The highest BCUT2D eigenvalue weighted by Crippen LogP contribution is 2.20. The van der Waals surface area contributed by atoms with Crippen molar-refractivity contribution in [2.75, 3.05) is 30.7 Å². The first-order valence-electron chi connectivity index (χ1n) is 6.61. The Bertz CT molecular complexity index is 565. The number of aliphatic imine (C=N–C) groups is 1. The van der Waals surface area contributed by atoms with Crippen LogP contribution in [-0.4, -0.2) is 44.1 Å². The van der Waals surface area contributed by atoms with Crippen molar-refractivity contribution < 1.29 is 8.42 Å². The fourth-order valence-electron chi connectivity index (χ4n) is 1.98. The van der Waals surface area contributed by atoms with Gasteiger partial charge in [0.1, 0.15) is 0 Å². The van der Waals surface area contributed by atoms with E-state index in [1.165, 1.54) is 4.31 Å². The third kappa shape index (κ3) is 3.71. The molecule has 1 fully saturated rings. The molecule has 1 aromatic rings. The molecule has 1 saturated heterocycles. The summed E-state index contributed by atoms with van der Waals surface area (Å²) in [5, 5.41) is 2.99. The van der Waals surface area contributed by atoms with Crippen LogP contribution in [0.2, 0.25) is 0 Å². The van der Waals surface area contributed by atoms with Crippen molar-refractivity contribution in [1.29, 1.82) is 0 Å². The smallest absolute Gasteiger partial charge is 0.213 e. The van der Waals surface area contributed by atoms with Gasteiger partial charge in [-0.1, -0.05) is 18.2 Å². The molecule has 3 N–H and O–H groups in total. The maximum atomic E-state index is 11.6. The molecule has 1 heterocycles. The van der Waals surface area contributed by atoms with Gasteiger partial charge in [0.2, 0.25) is 10.0 Å². The van der Waals surface area contributed by atoms with Gasteiger partial charge in [0.15, 0.2) is 5.96 Å². The number of rotatable bonds is 5. The fourth-order valence-corrected chi connectivity index (χ4v) is 3.23. The van der Waals surface area contributed by atoms with Crippen LogP contribution < -0.4 is 11.1 Å². The van der Waals surface area contributed by atoms with Crippen LogP contribution in [0.3, 0.4) is 0 Å². The summed E-state index contributed by atoms with van der Waals surface area (Å²) in [6.45, 7) is 3.28. The molecule has 20 heavy (non-hydrogen) atoms. The number of anilines is 1. The van der Waals surface area contributed by atoms with Crippen molar-refractivity contribution in [3.63, 3.8) is 0 Å². The molecule has 6 nitrogen and oxygen atoms in total. The molecule has 1 aromatic carbocycles. The molecular weight excluding hydrogens is 276 g/mol. The predicted molar refractivity (Wildman–Crippen MR) is 81.1 cm³/mol. The van der Waals surface area contributed by atoms with Crippen molar-refractivity contribution in [3.8, 4) is 0 Å². The average molecular weight is 296 g/mol. The molecule has 0 spiro atoms. The number of nitrogens with two attached hydrogens (primary N) is 1. The Balaban J connectivity index is 1.78. The van der Waals surface area contributed by atoms with Gasteiger partial charge in [-0.05, 0) is 19.1 Å². The lowest BCUT2D eigenvalue weighted by Gasteiger charge is -2.37. The maximum absolute atomic E-state index is 11.6. The van der Waals surface area contributed by atoms with E-state index in [1.54, 1.807) is 6.92 Å². The Kier molecular flexibility index (Phi) is 4.61. The van der Waals surface area contributed by atoms with E-state index in [9.17, 15) is 8.42 Å². The van der Waals surface area contributed by atoms with Crippen LogP contribution in [0.5, 0.6) is 0 Å². The summed E-state index contributed by atoms with van der Waals surface area (Å²) in [6, 6.07) is 9.56. The Morgan fingerprint density at radius 3 is 2.65 bits per heavy atom. The third-order valence-electron chi connectivity index (χ3n) is 3.25. The number of nitrogens with zero attached hydrogens (tertiary/aromatic N) is 2. The second kappa shape index (κ2) is 6.23. The molecule has 0 bridgehead atoms. The van der Waals surface area contributed by atoms with Gasteiger partial charge >= 0.3 is 0 Å². The summed E-state index contributed by atoms with van der Waals surface area (Å²) in [6.07, 6.45) is 0. The normalized spacial score (nSPS) is 17.8. The minimum Gasteiger partial charge on any atom is -0.370 e. The molecule has 1 aliphatic heterocycles. The largest absolute Gasteiger partial charge is 0.370 e. The number of nitrogens with one attached hydrogen (secondary N) is 1. The molecule has 0 radical (unpaired) electrons. The summed E-state index contributed by atoms with van der Waals surface area (Å²) < 4.78 is 24.6. The average Bonchev–Trinajstić information content (AvgIpc) is 2.37. The van der Waals surface area contributed by atoms with E-state index < -0.39 is 10.0 Å². The number of benzene rings is 1. The van der Waals surface area contributed by atoms with Crippen LogP contribution in [0, 0.1) is 5.92 Å². The van der Waals surface area contributed by atoms with Gasteiger partial charge in [-0.2, -0.15) is 0 Å². The first kappa shape index (κ1) is 14.8. The molecule has 7 heteroatoms. The van der Waals surface area contributed by atoms with E-state index in [-0.39, 0.29) is 11.7 Å². The zero-order valence-electron chi connectivity index (χ0n) is 11.5. The number of sulfonamides is 1. The zero-order chi connectivity index (χ0) is 14.6. The number of guanidine groups is 1. The van der Waals surface area contributed by atoms with Crippen LogP contribution in [0.25, 0.3) is 0 Å². The fraction of sp³-hybridized carbons (Fsp3) is 0.462. The van der Waals surface area contributed by atoms with Gasteiger partial charge in [0, 0.05) is 31.2 Å². The lowest BCUT2D eigenvalue weighted by Crippen LogP contribution is -2.51. The molecular formula is C13H20N4O2S. The SMILES string of the molecule is CCS(=O)(=O)N1CC(CN=C(N)Nc2ccccc2)C1. The monoisotopic (exact) mass is 296 g/mol. The van der Waals surface area contributed by atoms with Crippen molar-refractivity contribution in [2.45, 2.75) is 6.92 Å². The summed E-state index contributed by atoms with van der Waals surface area (Å²) in [5.41, 5.74) is 6.67. The summed E-state index contributed by atoms with van der Waals surface area (Å²) in [7, 11) is -3.04. The molecule has 0 aliphatic carbocycles. The standard InChI is InChI=1S/C13H20N4O2S/c1-2-20(18,19)17-9-11(10-17)8-15-13(14)16-12-6-4-3-5-7-12/h3-7,11H,2,8-10H2,1H3,(H3,14,15,16). The molecule has 2 rings (SSSR count). The Labute approximate surface area is 119 Å². The van der Waals surface area contributed by atoms with E-state index in [1.807, 2.05) is 30.3 Å². The summed E-state index contributed by atoms with van der Waals surface area (Å²) in [5.74, 6) is 0.765. The molecule has 0 saturated carbocycles. The van der Waals surface area contributed by atoms with Crippen LogP contribution >= 0.6 is 0 Å². The molecule has 0 atom stereocenters. The first-order valence-corrected chi connectivity index (χ1v) is 8.22. The maximum Gasteiger partial charge on any atom is 0.213 e. The van der Waals surface area contributed by atoms with Gasteiger partial charge < -0.3 is 11.1 Å². The molecule has 110 valence electrons. The molecule has 1 aliphatic rings. The zero-order valence-corrected chi connectivity index (χ0v) is 12.3. The number of hydrogen-bond acceptors (Lipinski definition) is 3. The van der Waals surface area contributed by atoms with E-state index in [0.29, 0.717) is 25.6 Å². The van der Waals surface area contributed by atoms with E-state index in [4.69, 9.17) is 5.73 Å². The second-order valence-electron chi connectivity index (χ2n) is 4.80. The first-order chi connectivity index (χ1) is 9.51. The quantitative estimate of drug-likeness (QED) is 0.618. The van der Waals surface area contributed by atoms with Crippen LogP contribution in [0.4, 0.5) is 5.69 Å². The number of para-hydroxylation sites is 1. The second-order valence-corrected chi connectivity index (χ2v) is 7.06. The third-order valence-corrected chi connectivity index (χ3v) is 5.06. The Morgan fingerprint density at radius 2 is 2.05 bits per heavy atom. The van der Waals surface area contributed by atoms with E-state index >= 15 is 0 Å². The topological polar surface area (TPSA) is 87.8 Å². The highest BCUT2D eigenvalue weighted by molar-refractivity contribution is 7.89. The van der Waals surface area contributed by atoms with Gasteiger partial charge in [0.25, 0.3) is 0 Å². The molecule has 0 aromatic heterocycles. The van der Waals surface area contributed by atoms with E-state index in [2.05, 4.69) is 10.3 Å². The minimum absolute atomic E-state index is 0.153. The van der Waals surface area contributed by atoms with Crippen molar-refractivity contribution >= 4 is 21.7 Å². The molecule has 0 amide bonds. The summed E-state index contributed by atoms with van der Waals surface area (Å²) in [4.78, 5) is 4.25. The van der Waals surface area contributed by atoms with Crippen molar-refractivity contribution in [2.24, 2.45) is 16.6 Å². The highest BCUT2D eigenvalue weighted by Gasteiger charge is 2.34. The van der Waals surface area contributed by atoms with E-state index in [0.717, 1.165) is 5.69 Å². The lowest BCUT2D eigenvalue weighted by atomic mass is 10.0. The van der Waals surface area contributed by atoms with Gasteiger partial charge in [-0.15, -0.1) is 0 Å². The lowest BCUT2D eigenvalue weighted by molar-refractivity contribution is 0.208. The van der Waals surface area contributed by atoms with Crippen molar-refractivity contribution in [3.05, 3.63) is 30.3 Å². The van der Waals surface area contributed by atoms with Crippen LogP contribution in [0.15, 0.2) is 35.3 Å². The summed E-state index contributed by atoms with van der Waals surface area (Å²) >= 11 is 0. The Hall–Kier alpha value is -1.60. The van der Waals surface area contributed by atoms with Gasteiger partial charge in [-0.25, -0.2) is 12.7 Å². The van der Waals surface area contributed by atoms with Crippen LogP contribution in [0.1, 0.15) is 6.92 Å². The van der Waals surface area contributed by atoms with Gasteiger partial charge in [-0.3, -0.25) is 4.99 Å². The minimum atomic E-state index is -3.04. The Morgan fingerprint density at radius 1 is 1.40 bits per heavy atom. The molecule has 0 unspecified atom stereocenters.